The summed E-state index contributed by atoms with van der Waals surface area (Å²) in [7, 11) is 0. The molecule has 0 amide bonds. The second-order valence-electron chi connectivity index (χ2n) is 28.5. The van der Waals surface area contributed by atoms with Gasteiger partial charge in [0.05, 0.1) is 74.2 Å². The van der Waals surface area contributed by atoms with E-state index in [0.29, 0.717) is 156 Å². The number of Topliss-reactive ketones (excluding diaryl/α,β-unsaturated/α-hetero) is 3. The molecule has 0 radical (unpaired) electrons. The molecule has 0 aliphatic carbocycles. The smallest absolute Gasteiger partial charge is 0.330 e. The molecule has 2 rings (SSSR count). The van der Waals surface area contributed by atoms with Gasteiger partial charge in [0.25, 0.3) is 0 Å². The van der Waals surface area contributed by atoms with Gasteiger partial charge >= 0.3 is 35.8 Å². The van der Waals surface area contributed by atoms with Crippen LogP contribution in [0.1, 0.15) is 307 Å². The molecular formula is C100H177ClN2O24S. The molecule has 0 saturated heterocycles. The van der Waals surface area contributed by atoms with Crippen LogP contribution in [0.2, 0.25) is 0 Å². The minimum atomic E-state index is -0.817. The quantitative estimate of drug-likeness (QED) is 0.00781. The number of aldehydes is 1. The molecule has 0 saturated carbocycles. The number of aliphatic hydroxyl groups is 5. The van der Waals surface area contributed by atoms with E-state index >= 15 is 0 Å². The summed E-state index contributed by atoms with van der Waals surface area (Å²) in [5, 5.41) is 43.3. The van der Waals surface area contributed by atoms with Gasteiger partial charge in [-0.05, 0) is 219 Å². The minimum absolute atomic E-state index is 0. The number of halogens is 1. The molecule has 0 bridgehead atoms. The Morgan fingerprint density at radius 2 is 0.781 bits per heavy atom. The summed E-state index contributed by atoms with van der Waals surface area (Å²) < 4.78 is 47.9. The molecule has 1 aromatic heterocycles. The maximum atomic E-state index is 11.3. The molecule has 4 unspecified atom stereocenters. The summed E-state index contributed by atoms with van der Waals surface area (Å²) in [6.07, 6.45) is 29.4. The summed E-state index contributed by atoms with van der Waals surface area (Å²) in [6.45, 7) is 67.2. The van der Waals surface area contributed by atoms with Crippen molar-refractivity contribution in [3.8, 4) is 0 Å². The molecule has 1 aromatic carbocycles. The predicted octanol–water partition coefficient (Wildman–Crippen LogP) is 15.4. The molecule has 0 fully saturated rings. The number of nitrogens with zero attached hydrogens (tertiary/aromatic N) is 2. The number of aromatic nitrogens is 1. The van der Waals surface area contributed by atoms with Crippen molar-refractivity contribution in [2.75, 3.05) is 106 Å². The minimum Gasteiger partial charge on any atom is -1.00 e. The van der Waals surface area contributed by atoms with Crippen LogP contribution in [-0.2, 0) is 104 Å². The van der Waals surface area contributed by atoms with Crippen molar-refractivity contribution >= 4 is 70.8 Å². The van der Waals surface area contributed by atoms with Gasteiger partial charge in [-0.15, -0.1) is 39.5 Å². The van der Waals surface area contributed by atoms with Gasteiger partial charge < -0.3 is 90.3 Å². The van der Waals surface area contributed by atoms with Gasteiger partial charge in [-0.3, -0.25) is 38.4 Å². The number of ether oxygens (including phenoxy) is 9. The molecule has 0 spiro atoms. The number of benzene rings is 1. The maximum absolute atomic E-state index is 11.3. The van der Waals surface area contributed by atoms with Gasteiger partial charge in [0.1, 0.15) is 24.0 Å². The van der Waals surface area contributed by atoms with Crippen LogP contribution in [-0.4, -0.2) is 218 Å². The van der Waals surface area contributed by atoms with Crippen LogP contribution in [0.5, 0.6) is 0 Å². The Hall–Kier alpha value is -7.54. The van der Waals surface area contributed by atoms with E-state index in [2.05, 4.69) is 127 Å². The van der Waals surface area contributed by atoms with Crippen LogP contribution in [0.15, 0.2) is 124 Å². The van der Waals surface area contributed by atoms with Crippen LogP contribution >= 0.6 is 11.3 Å². The normalized spacial score (nSPS) is 11.4. The topological polar surface area (TPSA) is 362 Å². The molecule has 28 heteroatoms. The number of unbranched alkanes of at least 4 members (excludes halogenated alkanes) is 3. The van der Waals surface area contributed by atoms with E-state index in [4.69, 9.17) is 48.8 Å². The highest BCUT2D eigenvalue weighted by Gasteiger charge is 2.28. The third-order valence-electron chi connectivity index (χ3n) is 17.7. The molecule has 128 heavy (non-hydrogen) atoms. The van der Waals surface area contributed by atoms with Gasteiger partial charge in [0.2, 0.25) is 5.51 Å². The van der Waals surface area contributed by atoms with Crippen molar-refractivity contribution in [2.45, 2.75) is 333 Å². The standard InChI is InChI=1S/C13H16NOS.2C13H26O4.C13H24O3.2C10H16O3.C10H16O2.C6H15N.C5H8O2.C5H8O.C2H6O.ClH/c1-11-13(7-8-15)16-10-14(11)9-12-5-3-2-4-6-12;2*1-4-16-12(15)8-10-13(3,17-5-2)9-6-7-11-14;1-5-8-10-13(4,16-7-3)11-9-12(14)15-6-2;2*1-3-5-6-9(11)7-8-10(12)13-4-2;1-3-5-7-9(11)10(12)8-6-4-2;1-4-7(5-2)6-3;1-3-5(6)7-4-2;1-2-3-4-5-6;1-2-3;/h2-6,10,15H,7-9H2,1H3;2*14H,4-11H2,1-3H3;5H,1,6-11H2,2-4H3;2*3H,1,4-8H2,2H3;3-4,9,11H,1-2,5-8H2;4-6H2,1-3H3;3H,1,4H2,2H3;2,5H,1,3-4H2;3H,2H2,1H3;1H/q+1;;;;;;;;;;;/p-1. The third-order valence-corrected chi connectivity index (χ3v) is 18.9. The van der Waals surface area contributed by atoms with Gasteiger partial charge in [-0.25, -0.2) is 4.79 Å². The summed E-state index contributed by atoms with van der Waals surface area (Å²) >= 11 is 1.72. The fourth-order valence-corrected chi connectivity index (χ4v) is 11.6. The van der Waals surface area contributed by atoms with Gasteiger partial charge in [-0.2, -0.15) is 4.57 Å². The predicted molar refractivity (Wildman–Crippen MR) is 514 cm³/mol. The van der Waals surface area contributed by atoms with Gasteiger partial charge in [0.15, 0.2) is 18.0 Å². The molecule has 0 aliphatic heterocycles. The maximum Gasteiger partial charge on any atom is 0.330 e. The number of aliphatic hydroxyl groups excluding tert-OH is 5. The van der Waals surface area contributed by atoms with Crippen LogP contribution in [0.3, 0.4) is 0 Å². The Kier molecular flexibility index (Phi) is 117. The molecule has 1 heterocycles. The van der Waals surface area contributed by atoms with E-state index in [-0.39, 0.29) is 134 Å². The Balaban J connectivity index is -0.000000152. The van der Waals surface area contributed by atoms with Crippen molar-refractivity contribution in [1.82, 2.24) is 4.90 Å². The lowest BCUT2D eigenvalue weighted by Gasteiger charge is -2.29. The van der Waals surface area contributed by atoms with Crippen LogP contribution in [0, 0.1) is 6.92 Å². The lowest BCUT2D eigenvalue weighted by Crippen LogP contribution is -3.00. The zero-order valence-electron chi connectivity index (χ0n) is 82.3. The first-order valence-corrected chi connectivity index (χ1v) is 46.5. The molecule has 2 aromatic rings. The van der Waals surface area contributed by atoms with E-state index in [9.17, 15) is 53.1 Å². The van der Waals surface area contributed by atoms with E-state index in [1.165, 1.54) is 35.8 Å². The fourth-order valence-electron chi connectivity index (χ4n) is 10.6. The van der Waals surface area contributed by atoms with Crippen molar-refractivity contribution in [2.24, 2.45) is 0 Å². The highest BCUT2D eigenvalue weighted by Crippen LogP contribution is 2.27. The summed E-state index contributed by atoms with van der Waals surface area (Å²) in [5.74, 6) is -1.35. The van der Waals surface area contributed by atoms with E-state index in [1.54, 1.807) is 83.3 Å². The second kappa shape index (κ2) is 107. The number of allylic oxidation sites excluding steroid dienone is 6. The zero-order valence-corrected chi connectivity index (χ0v) is 83.9. The van der Waals surface area contributed by atoms with Crippen LogP contribution < -0.4 is 17.0 Å². The Morgan fingerprint density at radius 1 is 0.430 bits per heavy atom. The first-order valence-electron chi connectivity index (χ1n) is 45.6. The first kappa shape index (κ1) is 141. The van der Waals surface area contributed by atoms with Crippen LogP contribution in [0.25, 0.3) is 0 Å². The summed E-state index contributed by atoms with van der Waals surface area (Å²) in [5.41, 5.74) is 3.91. The van der Waals surface area contributed by atoms with Gasteiger partial charge in [-0.1, -0.05) is 105 Å². The molecule has 26 nitrogen and oxygen atoms in total. The Labute approximate surface area is 784 Å². The third kappa shape index (κ3) is 102. The number of esters is 6. The number of ketones is 3. The fraction of sp³-hybridized carbons (Fsp3) is 0.670. The first-order chi connectivity index (χ1) is 60.6. The van der Waals surface area contributed by atoms with Crippen molar-refractivity contribution in [1.29, 1.82) is 0 Å². The van der Waals surface area contributed by atoms with Crippen molar-refractivity contribution in [3.63, 3.8) is 0 Å². The molecule has 744 valence electrons. The van der Waals surface area contributed by atoms with E-state index < -0.39 is 6.10 Å². The van der Waals surface area contributed by atoms with E-state index in [0.717, 1.165) is 83.1 Å². The Morgan fingerprint density at radius 3 is 1.07 bits per heavy atom. The number of rotatable bonds is 62. The SMILES string of the molecule is C=CC(=O)OCC.C=CCCC(=O)C(O)CCC=C.C=CCCC(=O)CCC(=O)OCC.C=CCCC(=O)CCC(=O)OCC.C=CCCC(C)(CCC(=O)OCC)OCC.C=CCCC=O.CCN(CC)CC.CCO.CCOC(=O)CCC(C)(CCCCO)OCC.CCOC(=O)CCC(C)(CCCCO)OCC.Cc1c(CCO)sc[n+]1Cc1ccccc1.[Cl-]. The van der Waals surface area contributed by atoms with Crippen molar-refractivity contribution < 1.29 is 133 Å². The number of hydrogen-bond acceptors (Lipinski definition) is 26. The van der Waals surface area contributed by atoms with Gasteiger partial charge in [0, 0.05) is 129 Å². The summed E-state index contributed by atoms with van der Waals surface area (Å²) in [4.78, 5) is 112. The lowest BCUT2D eigenvalue weighted by molar-refractivity contribution is -0.689. The van der Waals surface area contributed by atoms with Crippen LogP contribution in [0.4, 0.5) is 0 Å². The number of hydrogen-bond donors (Lipinski definition) is 5. The lowest BCUT2D eigenvalue weighted by atomic mass is 9.93. The Bertz CT molecular complexity index is 2940. The number of thiazole rings is 1. The monoisotopic (exact) mass is 1860 g/mol. The molecule has 4 atom stereocenters. The molecular weight excluding hydrogens is 1680 g/mol. The highest BCUT2D eigenvalue weighted by atomic mass is 35.5. The average molecular weight is 1860 g/mol. The molecule has 5 N–H and O–H groups in total. The van der Waals surface area contributed by atoms with Crippen molar-refractivity contribution in [3.05, 3.63) is 141 Å². The molecule has 0 aliphatic rings. The largest absolute Gasteiger partial charge is 1.00 e. The highest BCUT2D eigenvalue weighted by molar-refractivity contribution is 7.09. The average Bonchev–Trinajstić information content (AvgIpc) is 1.72. The number of carbonyl (C=O) groups excluding carboxylic acids is 10. The second-order valence-corrected chi connectivity index (χ2v) is 29.5. The summed E-state index contributed by atoms with van der Waals surface area (Å²) in [6, 6.07) is 10.4. The number of carbonyl (C=O) groups is 10. The zero-order chi connectivity index (χ0) is 98.7. The van der Waals surface area contributed by atoms with E-state index in [1.807, 2.05) is 60.6 Å².